The van der Waals surface area contributed by atoms with Crippen LogP contribution in [0, 0.1) is 5.92 Å². The second kappa shape index (κ2) is 4.56. The predicted octanol–water partition coefficient (Wildman–Crippen LogP) is -0.394. The van der Waals surface area contributed by atoms with E-state index >= 15 is 0 Å². The first-order chi connectivity index (χ1) is 7.68. The maximum Gasteiger partial charge on any atom is 0.303 e. The Morgan fingerprint density at radius 1 is 1.44 bits per heavy atom. The fraction of sp³-hybridized carbons (Fsp3) is 0.400. The maximum absolute atomic E-state index is 10.8. The number of pyridine rings is 1. The number of rotatable bonds is 3. The van der Waals surface area contributed by atoms with Gasteiger partial charge in [0.05, 0.1) is 18.6 Å². The van der Waals surface area contributed by atoms with Crippen molar-refractivity contribution < 1.29 is 9.90 Å². The minimum atomic E-state index is -0.843. The van der Waals surface area contributed by atoms with Gasteiger partial charge in [0.1, 0.15) is 0 Å². The summed E-state index contributed by atoms with van der Waals surface area (Å²) in [4.78, 5) is 14.7. The van der Waals surface area contributed by atoms with Crippen molar-refractivity contribution >= 4 is 5.97 Å². The number of hydrazine groups is 1. The van der Waals surface area contributed by atoms with Crippen LogP contribution in [0.5, 0.6) is 0 Å². The predicted molar refractivity (Wildman–Crippen MR) is 57.0 cm³/mol. The lowest BCUT2D eigenvalue weighted by Gasteiger charge is -2.18. The van der Waals surface area contributed by atoms with Gasteiger partial charge < -0.3 is 10.8 Å². The van der Waals surface area contributed by atoms with Gasteiger partial charge in [0.25, 0.3) is 0 Å². The second-order valence-corrected chi connectivity index (χ2v) is 3.83. The summed E-state index contributed by atoms with van der Waals surface area (Å²) in [5.41, 5.74) is 12.7. The fourth-order valence-corrected chi connectivity index (χ4v) is 1.96. The molecule has 6 heteroatoms. The van der Waals surface area contributed by atoms with Gasteiger partial charge in [-0.25, -0.2) is 10.9 Å². The Kier molecular flexibility index (Phi) is 3.14. The van der Waals surface area contributed by atoms with Crippen molar-refractivity contribution in [3.05, 3.63) is 30.1 Å². The quantitative estimate of drug-likeness (QED) is 0.555. The van der Waals surface area contributed by atoms with Crippen molar-refractivity contribution in [2.75, 3.05) is 0 Å². The molecule has 1 aromatic heterocycles. The Morgan fingerprint density at radius 2 is 2.12 bits per heavy atom. The van der Waals surface area contributed by atoms with Crippen LogP contribution < -0.4 is 16.6 Å². The standard InChI is InChI=1S/C10H14N4O2/c11-10-7(5-8(15)16)9(13-14-10)6-1-3-12-4-2-6/h1-4,7,9-10,13-14H,5,11H2,(H,15,16). The van der Waals surface area contributed by atoms with Crippen LogP contribution in [0.15, 0.2) is 24.5 Å². The van der Waals surface area contributed by atoms with Gasteiger partial charge in [-0.2, -0.15) is 0 Å². The molecule has 16 heavy (non-hydrogen) atoms. The monoisotopic (exact) mass is 222 g/mol. The van der Waals surface area contributed by atoms with E-state index in [1.54, 1.807) is 12.4 Å². The number of nitrogens with one attached hydrogen (secondary N) is 2. The molecule has 3 unspecified atom stereocenters. The number of carbonyl (C=O) groups is 1. The molecular weight excluding hydrogens is 208 g/mol. The van der Waals surface area contributed by atoms with E-state index in [0.717, 1.165) is 5.56 Å². The first kappa shape index (κ1) is 11.0. The van der Waals surface area contributed by atoms with E-state index < -0.39 is 5.97 Å². The van der Waals surface area contributed by atoms with Gasteiger partial charge in [-0.05, 0) is 17.7 Å². The smallest absolute Gasteiger partial charge is 0.303 e. The number of carboxylic acid groups (broad SMARTS) is 1. The number of carboxylic acids is 1. The Hall–Kier alpha value is -1.50. The molecule has 0 saturated carbocycles. The molecule has 0 spiro atoms. The number of aliphatic carboxylic acids is 1. The molecule has 1 aliphatic heterocycles. The number of hydrogen-bond donors (Lipinski definition) is 4. The Labute approximate surface area is 92.8 Å². The normalized spacial score (nSPS) is 29.2. The van der Waals surface area contributed by atoms with Crippen LogP contribution in [-0.4, -0.2) is 22.2 Å². The van der Waals surface area contributed by atoms with Gasteiger partial charge in [-0.1, -0.05) is 0 Å². The molecule has 0 aliphatic carbocycles. The molecule has 1 fully saturated rings. The molecule has 1 saturated heterocycles. The summed E-state index contributed by atoms with van der Waals surface area (Å²) >= 11 is 0. The fourth-order valence-electron chi connectivity index (χ4n) is 1.96. The SMILES string of the molecule is NC1NNC(c2ccncc2)C1CC(=O)O. The third kappa shape index (κ3) is 2.19. The number of aromatic nitrogens is 1. The summed E-state index contributed by atoms with van der Waals surface area (Å²) in [6, 6.07) is 3.62. The molecule has 86 valence electrons. The van der Waals surface area contributed by atoms with Crippen LogP contribution in [-0.2, 0) is 4.79 Å². The zero-order valence-corrected chi connectivity index (χ0v) is 8.63. The zero-order chi connectivity index (χ0) is 11.5. The minimum absolute atomic E-state index is 0.0359. The summed E-state index contributed by atoms with van der Waals surface area (Å²) in [5, 5.41) is 8.83. The van der Waals surface area contributed by atoms with Crippen LogP contribution in [0.25, 0.3) is 0 Å². The van der Waals surface area contributed by atoms with Gasteiger partial charge in [0, 0.05) is 18.3 Å². The average molecular weight is 222 g/mol. The van der Waals surface area contributed by atoms with Crippen LogP contribution in [0.1, 0.15) is 18.0 Å². The molecule has 5 N–H and O–H groups in total. The van der Waals surface area contributed by atoms with Crippen molar-refractivity contribution in [3.63, 3.8) is 0 Å². The van der Waals surface area contributed by atoms with Crippen LogP contribution in [0.3, 0.4) is 0 Å². The van der Waals surface area contributed by atoms with Crippen molar-refractivity contribution in [2.24, 2.45) is 11.7 Å². The van der Waals surface area contributed by atoms with Gasteiger partial charge >= 0.3 is 5.97 Å². The second-order valence-electron chi connectivity index (χ2n) is 3.83. The topological polar surface area (TPSA) is 100 Å². The molecule has 0 amide bonds. The Balaban J connectivity index is 2.17. The average Bonchev–Trinajstić information content (AvgIpc) is 2.61. The Bertz CT molecular complexity index is 370. The van der Waals surface area contributed by atoms with Crippen LogP contribution in [0.4, 0.5) is 0 Å². The van der Waals surface area contributed by atoms with Crippen molar-refractivity contribution in [2.45, 2.75) is 18.6 Å². The molecule has 3 atom stereocenters. The highest BCUT2D eigenvalue weighted by atomic mass is 16.4. The van der Waals surface area contributed by atoms with E-state index in [2.05, 4.69) is 15.8 Å². The number of nitrogens with zero attached hydrogens (tertiary/aromatic N) is 1. The molecule has 0 bridgehead atoms. The lowest BCUT2D eigenvalue weighted by atomic mass is 9.91. The highest BCUT2D eigenvalue weighted by Crippen LogP contribution is 2.28. The molecule has 0 aromatic carbocycles. The summed E-state index contributed by atoms with van der Waals surface area (Å²) in [6.45, 7) is 0. The third-order valence-electron chi connectivity index (χ3n) is 2.77. The highest BCUT2D eigenvalue weighted by Gasteiger charge is 2.35. The lowest BCUT2D eigenvalue weighted by molar-refractivity contribution is -0.138. The van der Waals surface area contributed by atoms with Gasteiger partial charge in [-0.15, -0.1) is 0 Å². The summed E-state index contributed by atoms with van der Waals surface area (Å²) in [5.74, 6) is -1.01. The summed E-state index contributed by atoms with van der Waals surface area (Å²) < 4.78 is 0. The first-order valence-corrected chi connectivity index (χ1v) is 5.07. The van der Waals surface area contributed by atoms with Gasteiger partial charge in [0.2, 0.25) is 0 Å². The highest BCUT2D eigenvalue weighted by molar-refractivity contribution is 5.67. The molecule has 2 rings (SSSR count). The molecule has 1 aliphatic rings. The number of nitrogens with two attached hydrogens (primary N) is 1. The molecule has 0 radical (unpaired) electrons. The van der Waals surface area contributed by atoms with E-state index in [4.69, 9.17) is 10.8 Å². The Morgan fingerprint density at radius 3 is 2.75 bits per heavy atom. The van der Waals surface area contributed by atoms with E-state index in [-0.39, 0.29) is 24.5 Å². The van der Waals surface area contributed by atoms with Crippen molar-refractivity contribution in [1.29, 1.82) is 0 Å². The van der Waals surface area contributed by atoms with E-state index in [1.165, 1.54) is 0 Å². The lowest BCUT2D eigenvalue weighted by Crippen LogP contribution is -2.39. The molecular formula is C10H14N4O2. The van der Waals surface area contributed by atoms with Crippen molar-refractivity contribution in [1.82, 2.24) is 15.8 Å². The van der Waals surface area contributed by atoms with Gasteiger partial charge in [-0.3, -0.25) is 9.78 Å². The van der Waals surface area contributed by atoms with E-state index in [1.807, 2.05) is 12.1 Å². The van der Waals surface area contributed by atoms with Crippen LogP contribution >= 0.6 is 0 Å². The number of hydrogen-bond acceptors (Lipinski definition) is 5. The first-order valence-electron chi connectivity index (χ1n) is 5.07. The van der Waals surface area contributed by atoms with Crippen LogP contribution in [0.2, 0.25) is 0 Å². The maximum atomic E-state index is 10.8. The molecule has 6 nitrogen and oxygen atoms in total. The minimum Gasteiger partial charge on any atom is -0.481 e. The van der Waals surface area contributed by atoms with E-state index in [0.29, 0.717) is 0 Å². The summed E-state index contributed by atoms with van der Waals surface area (Å²) in [6.07, 6.45) is 3.04. The largest absolute Gasteiger partial charge is 0.481 e. The zero-order valence-electron chi connectivity index (χ0n) is 8.63. The van der Waals surface area contributed by atoms with E-state index in [9.17, 15) is 4.79 Å². The molecule has 1 aromatic rings. The van der Waals surface area contributed by atoms with Gasteiger partial charge in [0.15, 0.2) is 0 Å². The van der Waals surface area contributed by atoms with Crippen molar-refractivity contribution in [3.8, 4) is 0 Å². The molecule has 2 heterocycles. The third-order valence-corrected chi connectivity index (χ3v) is 2.77. The summed E-state index contributed by atoms with van der Waals surface area (Å²) in [7, 11) is 0.